The van der Waals surface area contributed by atoms with E-state index in [4.69, 9.17) is 4.74 Å². The molecule has 1 saturated carbocycles. The molecule has 0 heterocycles. The molecule has 0 spiro atoms. The fourth-order valence-electron chi connectivity index (χ4n) is 4.73. The van der Waals surface area contributed by atoms with Crippen molar-refractivity contribution in [1.29, 1.82) is 0 Å². The molecule has 0 aromatic heterocycles. The largest absolute Gasteiger partial charge is 0.497 e. The Labute approximate surface area is 116 Å². The van der Waals surface area contributed by atoms with Gasteiger partial charge in [0.25, 0.3) is 0 Å². The smallest absolute Gasteiger partial charge is 0.119 e. The number of hydrogen-bond donors (Lipinski definition) is 0. The SMILES string of the molecule is COc1ccc2c(c1)[C@@]1(C)CCCC(C2)C1N(C)C. The first-order valence-electron chi connectivity index (χ1n) is 7.40. The number of hydrogen-bond acceptors (Lipinski definition) is 2. The van der Waals surface area contributed by atoms with Crippen molar-refractivity contribution in [3.8, 4) is 5.75 Å². The molecular weight excluding hydrogens is 234 g/mol. The van der Waals surface area contributed by atoms with E-state index in [1.165, 1.54) is 31.2 Å². The van der Waals surface area contributed by atoms with E-state index in [0.29, 0.717) is 6.04 Å². The number of ether oxygens (including phenoxy) is 1. The third kappa shape index (κ3) is 1.88. The van der Waals surface area contributed by atoms with Crippen LogP contribution in [0.25, 0.3) is 0 Å². The molecule has 1 fully saturated rings. The van der Waals surface area contributed by atoms with Gasteiger partial charge in [0.15, 0.2) is 0 Å². The maximum atomic E-state index is 5.45. The van der Waals surface area contributed by atoms with E-state index in [1.807, 2.05) is 0 Å². The number of fused-ring (bicyclic) bond motifs is 4. The Kier molecular flexibility index (Phi) is 3.09. The zero-order chi connectivity index (χ0) is 13.6. The Hall–Kier alpha value is -1.02. The van der Waals surface area contributed by atoms with Gasteiger partial charge in [-0.1, -0.05) is 19.4 Å². The predicted octanol–water partition coefficient (Wildman–Crippen LogP) is 3.24. The first kappa shape index (κ1) is 13.0. The van der Waals surface area contributed by atoms with Crippen LogP contribution in [-0.4, -0.2) is 32.1 Å². The normalized spacial score (nSPS) is 33.1. The quantitative estimate of drug-likeness (QED) is 0.808. The summed E-state index contributed by atoms with van der Waals surface area (Å²) in [6.45, 7) is 2.46. The second kappa shape index (κ2) is 4.52. The molecule has 1 aromatic rings. The summed E-state index contributed by atoms with van der Waals surface area (Å²) in [5.41, 5.74) is 3.36. The summed E-state index contributed by atoms with van der Waals surface area (Å²) in [6, 6.07) is 7.36. The molecule has 2 unspecified atom stereocenters. The van der Waals surface area contributed by atoms with Gasteiger partial charge in [-0.05, 0) is 62.5 Å². The Balaban J connectivity index is 2.13. The lowest BCUT2D eigenvalue weighted by atomic mass is 9.57. The molecule has 0 N–H and O–H groups in total. The number of likely N-dealkylation sites (N-methyl/N-ethyl adjacent to an activating group) is 1. The number of methoxy groups -OCH3 is 1. The highest BCUT2D eigenvalue weighted by atomic mass is 16.5. The molecule has 2 heteroatoms. The summed E-state index contributed by atoms with van der Waals surface area (Å²) in [4.78, 5) is 2.45. The average molecular weight is 259 g/mol. The predicted molar refractivity (Wildman–Crippen MR) is 78.9 cm³/mol. The minimum Gasteiger partial charge on any atom is -0.497 e. The monoisotopic (exact) mass is 259 g/mol. The van der Waals surface area contributed by atoms with Gasteiger partial charge in [-0.3, -0.25) is 0 Å². The maximum absolute atomic E-state index is 5.45. The molecule has 3 rings (SSSR count). The van der Waals surface area contributed by atoms with Crippen molar-refractivity contribution in [3.63, 3.8) is 0 Å². The van der Waals surface area contributed by atoms with Crippen LogP contribution in [-0.2, 0) is 11.8 Å². The Morgan fingerprint density at radius 1 is 1.32 bits per heavy atom. The van der Waals surface area contributed by atoms with Crippen molar-refractivity contribution in [3.05, 3.63) is 29.3 Å². The second-order valence-electron chi connectivity index (χ2n) is 6.71. The third-order valence-corrected chi connectivity index (χ3v) is 5.34. The summed E-state index contributed by atoms with van der Waals surface area (Å²) < 4.78 is 5.45. The molecule has 104 valence electrons. The molecule has 2 aliphatic rings. The molecule has 2 nitrogen and oxygen atoms in total. The summed E-state index contributed by atoms with van der Waals surface area (Å²) in [7, 11) is 6.25. The molecule has 1 aromatic carbocycles. The van der Waals surface area contributed by atoms with E-state index in [2.05, 4.69) is 44.1 Å². The zero-order valence-electron chi connectivity index (χ0n) is 12.6. The maximum Gasteiger partial charge on any atom is 0.119 e. The van der Waals surface area contributed by atoms with Crippen molar-refractivity contribution in [1.82, 2.24) is 4.90 Å². The number of rotatable bonds is 2. The minimum absolute atomic E-state index is 0.286. The summed E-state index contributed by atoms with van der Waals surface area (Å²) in [5.74, 6) is 1.82. The molecule has 0 aliphatic heterocycles. The van der Waals surface area contributed by atoms with Crippen molar-refractivity contribution < 1.29 is 4.74 Å². The molecule has 0 saturated heterocycles. The topological polar surface area (TPSA) is 12.5 Å². The lowest BCUT2D eigenvalue weighted by molar-refractivity contribution is 0.0624. The van der Waals surface area contributed by atoms with E-state index in [0.717, 1.165) is 11.7 Å². The molecule has 19 heavy (non-hydrogen) atoms. The molecule has 0 radical (unpaired) electrons. The van der Waals surface area contributed by atoms with Gasteiger partial charge in [-0.25, -0.2) is 0 Å². The summed E-state index contributed by atoms with van der Waals surface area (Å²) >= 11 is 0. The van der Waals surface area contributed by atoms with Crippen molar-refractivity contribution in [2.24, 2.45) is 5.92 Å². The Morgan fingerprint density at radius 3 is 2.79 bits per heavy atom. The van der Waals surface area contributed by atoms with Gasteiger partial charge in [0, 0.05) is 11.5 Å². The molecular formula is C17H25NO. The fraction of sp³-hybridized carbons (Fsp3) is 0.647. The van der Waals surface area contributed by atoms with Crippen LogP contribution >= 0.6 is 0 Å². The van der Waals surface area contributed by atoms with Gasteiger partial charge in [0.1, 0.15) is 5.75 Å². The van der Waals surface area contributed by atoms with Gasteiger partial charge in [0.2, 0.25) is 0 Å². The van der Waals surface area contributed by atoms with Gasteiger partial charge in [-0.2, -0.15) is 0 Å². The summed E-state index contributed by atoms with van der Waals surface area (Å²) in [5, 5.41) is 0. The number of benzene rings is 1. The highest BCUT2D eigenvalue weighted by Crippen LogP contribution is 2.50. The lowest BCUT2D eigenvalue weighted by Gasteiger charge is -2.53. The number of nitrogens with zero attached hydrogens (tertiary/aromatic N) is 1. The lowest BCUT2D eigenvalue weighted by Crippen LogP contribution is -2.56. The van der Waals surface area contributed by atoms with Gasteiger partial charge >= 0.3 is 0 Å². The minimum atomic E-state index is 0.286. The highest BCUT2D eigenvalue weighted by molar-refractivity contribution is 5.44. The van der Waals surface area contributed by atoms with Crippen LogP contribution in [0, 0.1) is 5.92 Å². The summed E-state index contributed by atoms with van der Waals surface area (Å²) in [6.07, 6.45) is 5.27. The third-order valence-electron chi connectivity index (χ3n) is 5.34. The van der Waals surface area contributed by atoms with Crippen LogP contribution in [0.15, 0.2) is 18.2 Å². The van der Waals surface area contributed by atoms with E-state index in [1.54, 1.807) is 12.7 Å². The van der Waals surface area contributed by atoms with Crippen LogP contribution in [0.3, 0.4) is 0 Å². The first-order chi connectivity index (χ1) is 9.06. The van der Waals surface area contributed by atoms with Crippen LogP contribution in [0.5, 0.6) is 5.75 Å². The molecule has 2 aliphatic carbocycles. The fourth-order valence-corrected chi connectivity index (χ4v) is 4.73. The molecule has 2 bridgehead atoms. The standard InChI is InChI=1S/C17H25NO/c1-17-9-5-6-13(16(17)18(2)3)10-12-7-8-14(19-4)11-15(12)17/h7-8,11,13,16H,5-6,9-10H2,1-4H3/t13?,16?,17-/m1/s1. The van der Waals surface area contributed by atoms with E-state index in [-0.39, 0.29) is 5.41 Å². The van der Waals surface area contributed by atoms with E-state index >= 15 is 0 Å². The van der Waals surface area contributed by atoms with Crippen LogP contribution < -0.4 is 4.74 Å². The van der Waals surface area contributed by atoms with Crippen molar-refractivity contribution in [2.45, 2.75) is 44.1 Å². The Bertz CT molecular complexity index is 482. The van der Waals surface area contributed by atoms with E-state index < -0.39 is 0 Å². The highest BCUT2D eigenvalue weighted by Gasteiger charge is 2.48. The van der Waals surface area contributed by atoms with Gasteiger partial charge < -0.3 is 9.64 Å². The molecule has 0 amide bonds. The van der Waals surface area contributed by atoms with Gasteiger partial charge in [0.05, 0.1) is 7.11 Å². The average Bonchev–Trinajstić information content (AvgIpc) is 2.37. The van der Waals surface area contributed by atoms with Crippen molar-refractivity contribution >= 4 is 0 Å². The van der Waals surface area contributed by atoms with Crippen LogP contribution in [0.2, 0.25) is 0 Å². The zero-order valence-corrected chi connectivity index (χ0v) is 12.6. The van der Waals surface area contributed by atoms with Crippen LogP contribution in [0.1, 0.15) is 37.3 Å². The Morgan fingerprint density at radius 2 is 2.11 bits per heavy atom. The van der Waals surface area contributed by atoms with Gasteiger partial charge in [-0.15, -0.1) is 0 Å². The first-order valence-corrected chi connectivity index (χ1v) is 7.40. The van der Waals surface area contributed by atoms with E-state index in [9.17, 15) is 0 Å². The van der Waals surface area contributed by atoms with Crippen molar-refractivity contribution in [2.75, 3.05) is 21.2 Å². The molecule has 3 atom stereocenters. The second-order valence-corrected chi connectivity index (χ2v) is 6.71. The van der Waals surface area contributed by atoms with Crippen LogP contribution in [0.4, 0.5) is 0 Å².